The molecule has 2 aromatic carbocycles. The molecule has 0 radical (unpaired) electrons. The summed E-state index contributed by atoms with van der Waals surface area (Å²) in [6, 6.07) is 16.6. The SMILES string of the molecule is COCCn1cc(C(=O)N2CCN(c3ccc(C)cc3)C(C)C2)c2c3ccccc3n(C)c2c1=O. The van der Waals surface area contributed by atoms with Crippen molar-refractivity contribution >= 4 is 33.4 Å². The van der Waals surface area contributed by atoms with E-state index in [4.69, 9.17) is 4.74 Å². The quantitative estimate of drug-likeness (QED) is 0.443. The number of carbonyl (C=O) groups excluding carboxylic acids is 1. The monoisotopic (exact) mass is 472 g/mol. The number of rotatable bonds is 5. The van der Waals surface area contributed by atoms with Gasteiger partial charge in [0.2, 0.25) is 0 Å². The highest BCUT2D eigenvalue weighted by Gasteiger charge is 2.30. The molecule has 1 atom stereocenters. The fourth-order valence-corrected chi connectivity index (χ4v) is 5.28. The van der Waals surface area contributed by atoms with Gasteiger partial charge in [0.1, 0.15) is 5.52 Å². The molecule has 0 bridgehead atoms. The zero-order valence-corrected chi connectivity index (χ0v) is 20.8. The lowest BCUT2D eigenvalue weighted by atomic mass is 10.1. The highest BCUT2D eigenvalue weighted by Crippen LogP contribution is 2.30. The minimum absolute atomic E-state index is 0.0343. The first-order chi connectivity index (χ1) is 16.9. The molecule has 1 amide bonds. The van der Waals surface area contributed by atoms with E-state index in [0.29, 0.717) is 37.3 Å². The number of amides is 1. The van der Waals surface area contributed by atoms with Gasteiger partial charge in [-0.1, -0.05) is 35.9 Å². The Morgan fingerprint density at radius 2 is 1.83 bits per heavy atom. The van der Waals surface area contributed by atoms with E-state index in [2.05, 4.69) is 43.0 Å². The van der Waals surface area contributed by atoms with Crippen molar-refractivity contribution in [3.8, 4) is 0 Å². The fraction of sp³-hybridized carbons (Fsp3) is 0.357. The molecule has 0 spiro atoms. The number of anilines is 1. The van der Waals surface area contributed by atoms with E-state index in [1.807, 2.05) is 40.8 Å². The van der Waals surface area contributed by atoms with Crippen LogP contribution in [0.1, 0.15) is 22.8 Å². The number of aromatic nitrogens is 2. The molecule has 2 aromatic heterocycles. The number of hydrogen-bond acceptors (Lipinski definition) is 4. The summed E-state index contributed by atoms with van der Waals surface area (Å²) >= 11 is 0. The van der Waals surface area contributed by atoms with Crippen LogP contribution in [0, 0.1) is 6.92 Å². The van der Waals surface area contributed by atoms with Crippen LogP contribution in [0.5, 0.6) is 0 Å². The highest BCUT2D eigenvalue weighted by atomic mass is 16.5. The van der Waals surface area contributed by atoms with Gasteiger partial charge in [-0.25, -0.2) is 0 Å². The zero-order chi connectivity index (χ0) is 24.7. The summed E-state index contributed by atoms with van der Waals surface area (Å²) in [7, 11) is 3.50. The van der Waals surface area contributed by atoms with Crippen LogP contribution in [-0.4, -0.2) is 59.3 Å². The van der Waals surface area contributed by atoms with Crippen molar-refractivity contribution in [1.82, 2.24) is 14.0 Å². The zero-order valence-electron chi connectivity index (χ0n) is 20.8. The first-order valence-corrected chi connectivity index (χ1v) is 12.1. The van der Waals surface area contributed by atoms with Gasteiger partial charge in [0.25, 0.3) is 11.5 Å². The first kappa shape index (κ1) is 23.2. The Balaban J connectivity index is 1.55. The third kappa shape index (κ3) is 4.00. The summed E-state index contributed by atoms with van der Waals surface area (Å²) in [4.78, 5) is 31.7. The molecule has 1 aliphatic rings. The second-order valence-corrected chi connectivity index (χ2v) is 9.46. The number of para-hydroxylation sites is 1. The summed E-state index contributed by atoms with van der Waals surface area (Å²) in [5.41, 5.74) is 4.38. The minimum Gasteiger partial charge on any atom is -0.383 e. The van der Waals surface area contributed by atoms with Crippen molar-refractivity contribution in [2.45, 2.75) is 26.4 Å². The molecule has 7 heteroatoms. The summed E-state index contributed by atoms with van der Waals surface area (Å²) < 4.78 is 8.75. The van der Waals surface area contributed by atoms with E-state index in [1.54, 1.807) is 17.9 Å². The van der Waals surface area contributed by atoms with Gasteiger partial charge in [0, 0.05) is 74.6 Å². The van der Waals surface area contributed by atoms with Gasteiger partial charge >= 0.3 is 0 Å². The average molecular weight is 473 g/mol. The smallest absolute Gasteiger partial charge is 0.275 e. The third-order valence-electron chi connectivity index (χ3n) is 7.17. The lowest BCUT2D eigenvalue weighted by Gasteiger charge is -2.41. The molecule has 0 aliphatic carbocycles. The van der Waals surface area contributed by atoms with Crippen LogP contribution >= 0.6 is 0 Å². The number of fused-ring (bicyclic) bond motifs is 3. The highest BCUT2D eigenvalue weighted by molar-refractivity contribution is 6.17. The Bertz CT molecular complexity index is 1450. The second-order valence-electron chi connectivity index (χ2n) is 9.46. The molecule has 35 heavy (non-hydrogen) atoms. The van der Waals surface area contributed by atoms with E-state index in [1.165, 1.54) is 11.3 Å². The van der Waals surface area contributed by atoms with Crippen molar-refractivity contribution in [2.75, 3.05) is 38.3 Å². The maximum atomic E-state index is 14.0. The minimum atomic E-state index is -0.107. The van der Waals surface area contributed by atoms with Gasteiger partial charge in [0.15, 0.2) is 0 Å². The van der Waals surface area contributed by atoms with E-state index < -0.39 is 0 Å². The number of nitrogens with zero attached hydrogens (tertiary/aromatic N) is 4. The second kappa shape index (κ2) is 9.23. The van der Waals surface area contributed by atoms with Crippen molar-refractivity contribution in [1.29, 1.82) is 0 Å². The standard InChI is InChI=1S/C28H32N4O3/c1-19-9-11-21(12-10-19)32-14-13-30(17-20(32)2)27(33)23-18-31(15-16-35-4)28(34)26-25(23)22-7-5-6-8-24(22)29(26)3/h5-12,18,20H,13-17H2,1-4H3. The lowest BCUT2D eigenvalue weighted by Crippen LogP contribution is -2.54. The summed E-state index contributed by atoms with van der Waals surface area (Å²) in [5.74, 6) is -0.0343. The van der Waals surface area contributed by atoms with E-state index >= 15 is 0 Å². The maximum Gasteiger partial charge on any atom is 0.275 e. The molecular weight excluding hydrogens is 440 g/mol. The largest absolute Gasteiger partial charge is 0.383 e. The van der Waals surface area contributed by atoms with Gasteiger partial charge in [0.05, 0.1) is 12.2 Å². The van der Waals surface area contributed by atoms with Gasteiger partial charge in [-0.05, 0) is 32.0 Å². The number of benzene rings is 2. The number of hydrogen-bond donors (Lipinski definition) is 0. The Hall–Kier alpha value is -3.58. The van der Waals surface area contributed by atoms with Crippen LogP contribution in [0.15, 0.2) is 59.5 Å². The van der Waals surface area contributed by atoms with Crippen molar-refractivity contribution in [3.63, 3.8) is 0 Å². The van der Waals surface area contributed by atoms with E-state index in [0.717, 1.165) is 22.8 Å². The summed E-state index contributed by atoms with van der Waals surface area (Å²) in [6.07, 6.45) is 1.73. The van der Waals surface area contributed by atoms with Crippen molar-refractivity contribution in [2.24, 2.45) is 7.05 Å². The van der Waals surface area contributed by atoms with Gasteiger partial charge < -0.3 is 23.7 Å². The lowest BCUT2D eigenvalue weighted by molar-refractivity contribution is 0.0727. The number of pyridine rings is 1. The fourth-order valence-electron chi connectivity index (χ4n) is 5.28. The third-order valence-corrected chi connectivity index (χ3v) is 7.17. The molecule has 1 aliphatic heterocycles. The van der Waals surface area contributed by atoms with Gasteiger partial charge in [-0.15, -0.1) is 0 Å². The average Bonchev–Trinajstić information content (AvgIpc) is 3.17. The van der Waals surface area contributed by atoms with Crippen LogP contribution in [0.4, 0.5) is 5.69 Å². The van der Waals surface area contributed by atoms with E-state index in [9.17, 15) is 9.59 Å². The van der Waals surface area contributed by atoms with Crippen LogP contribution in [0.3, 0.4) is 0 Å². The molecule has 1 unspecified atom stereocenters. The summed E-state index contributed by atoms with van der Waals surface area (Å²) in [6.45, 7) is 7.05. The van der Waals surface area contributed by atoms with Crippen LogP contribution in [-0.2, 0) is 18.3 Å². The Morgan fingerprint density at radius 3 is 2.54 bits per heavy atom. The molecule has 0 N–H and O–H groups in total. The number of methoxy groups -OCH3 is 1. The topological polar surface area (TPSA) is 59.7 Å². The van der Waals surface area contributed by atoms with Gasteiger partial charge in [-0.3, -0.25) is 9.59 Å². The summed E-state index contributed by atoms with van der Waals surface area (Å²) in [5, 5.41) is 1.66. The van der Waals surface area contributed by atoms with Gasteiger partial charge in [-0.2, -0.15) is 0 Å². The van der Waals surface area contributed by atoms with E-state index in [-0.39, 0.29) is 17.5 Å². The van der Waals surface area contributed by atoms with Crippen molar-refractivity contribution < 1.29 is 9.53 Å². The van der Waals surface area contributed by atoms with Crippen molar-refractivity contribution in [3.05, 3.63) is 76.2 Å². The number of ether oxygens (including phenoxy) is 1. The predicted octanol–water partition coefficient (Wildman–Crippen LogP) is 3.80. The Labute approximate surface area is 205 Å². The van der Waals surface area contributed by atoms with Crippen LogP contribution < -0.4 is 10.5 Å². The molecule has 1 fully saturated rings. The molecular formula is C28H32N4O3. The predicted molar refractivity (Wildman–Crippen MR) is 140 cm³/mol. The Morgan fingerprint density at radius 1 is 1.09 bits per heavy atom. The number of piperazine rings is 1. The number of aryl methyl sites for hydroxylation is 2. The van der Waals surface area contributed by atoms with Crippen LogP contribution in [0.2, 0.25) is 0 Å². The molecule has 5 rings (SSSR count). The molecule has 182 valence electrons. The molecule has 4 aromatic rings. The number of carbonyl (C=O) groups is 1. The molecule has 0 saturated carbocycles. The first-order valence-electron chi connectivity index (χ1n) is 12.1. The normalized spacial score (nSPS) is 16.4. The molecule has 7 nitrogen and oxygen atoms in total. The Kier molecular flexibility index (Phi) is 6.11. The maximum absolute atomic E-state index is 14.0. The van der Waals surface area contributed by atoms with Crippen LogP contribution in [0.25, 0.3) is 21.8 Å². The molecule has 1 saturated heterocycles. The molecule has 3 heterocycles.